The number of halogens is 1. The van der Waals surface area contributed by atoms with E-state index in [-0.39, 0.29) is 23.7 Å². The fourth-order valence-corrected chi connectivity index (χ4v) is 3.14. The van der Waals surface area contributed by atoms with Crippen molar-refractivity contribution in [2.24, 2.45) is 0 Å². The van der Waals surface area contributed by atoms with E-state index in [9.17, 15) is 14.0 Å². The molecule has 0 saturated carbocycles. The summed E-state index contributed by atoms with van der Waals surface area (Å²) in [5, 5.41) is 6.18. The molecule has 0 aliphatic carbocycles. The molecule has 0 radical (unpaired) electrons. The van der Waals surface area contributed by atoms with Crippen LogP contribution in [0.25, 0.3) is 0 Å². The molecule has 2 rings (SSSR count). The summed E-state index contributed by atoms with van der Waals surface area (Å²) in [5.41, 5.74) is -0.307. The Hall–Kier alpha value is -2.15. The van der Waals surface area contributed by atoms with Crippen LogP contribution in [0.4, 0.5) is 10.1 Å². The lowest BCUT2D eigenvalue weighted by atomic mass is 9.85. The topological polar surface area (TPSA) is 70.7 Å². The van der Waals surface area contributed by atoms with Crippen LogP contribution < -0.4 is 10.6 Å². The van der Waals surface area contributed by atoms with Gasteiger partial charge < -0.3 is 20.3 Å². The molecule has 144 valence electrons. The standard InChI is InChI=1S/C19H28FN3O3/c1-14(2)21-18(25)19(22-16-6-4-5-15(20)13-16)8-10-23(11-9-19)17(24)7-12-26-3/h4-6,13-14,22H,7-12H2,1-3H3,(H,21,25). The number of methoxy groups -OCH3 is 1. The average molecular weight is 365 g/mol. The number of likely N-dealkylation sites (tertiary alicyclic amines) is 1. The fourth-order valence-electron chi connectivity index (χ4n) is 3.14. The maximum Gasteiger partial charge on any atom is 0.246 e. The summed E-state index contributed by atoms with van der Waals surface area (Å²) in [6, 6.07) is 6.08. The van der Waals surface area contributed by atoms with Gasteiger partial charge in [-0.25, -0.2) is 4.39 Å². The molecule has 0 spiro atoms. The molecule has 1 aliphatic heterocycles. The van der Waals surface area contributed by atoms with Crippen molar-refractivity contribution in [2.75, 3.05) is 32.1 Å². The highest BCUT2D eigenvalue weighted by molar-refractivity contribution is 5.90. The Kier molecular flexibility index (Phi) is 6.97. The van der Waals surface area contributed by atoms with Crippen LogP contribution in [-0.2, 0) is 14.3 Å². The molecule has 0 atom stereocenters. The fraction of sp³-hybridized carbons (Fsp3) is 0.579. The van der Waals surface area contributed by atoms with Gasteiger partial charge in [0.05, 0.1) is 13.0 Å². The lowest BCUT2D eigenvalue weighted by Crippen LogP contribution is -2.60. The van der Waals surface area contributed by atoms with Gasteiger partial charge in [-0.15, -0.1) is 0 Å². The van der Waals surface area contributed by atoms with Crippen LogP contribution >= 0.6 is 0 Å². The van der Waals surface area contributed by atoms with Crippen molar-refractivity contribution < 1.29 is 18.7 Å². The number of piperidine rings is 1. The molecule has 0 aromatic heterocycles. The van der Waals surface area contributed by atoms with Crippen LogP contribution in [0.3, 0.4) is 0 Å². The van der Waals surface area contributed by atoms with Crippen LogP contribution in [0.2, 0.25) is 0 Å². The Morgan fingerprint density at radius 3 is 2.58 bits per heavy atom. The van der Waals surface area contributed by atoms with E-state index in [2.05, 4.69) is 10.6 Å². The van der Waals surface area contributed by atoms with Gasteiger partial charge in [-0.05, 0) is 44.9 Å². The van der Waals surface area contributed by atoms with E-state index in [0.717, 1.165) is 0 Å². The molecule has 0 unspecified atom stereocenters. The van der Waals surface area contributed by atoms with Crippen molar-refractivity contribution in [1.29, 1.82) is 0 Å². The summed E-state index contributed by atoms with van der Waals surface area (Å²) < 4.78 is 18.5. The highest BCUT2D eigenvalue weighted by atomic mass is 19.1. The molecule has 0 bridgehead atoms. The van der Waals surface area contributed by atoms with E-state index in [4.69, 9.17) is 4.74 Å². The molecular formula is C19H28FN3O3. The van der Waals surface area contributed by atoms with Gasteiger partial charge in [0.15, 0.2) is 0 Å². The number of benzene rings is 1. The number of carbonyl (C=O) groups excluding carboxylic acids is 2. The largest absolute Gasteiger partial charge is 0.384 e. The molecule has 7 heteroatoms. The lowest BCUT2D eigenvalue weighted by molar-refractivity contribution is -0.136. The molecule has 1 aromatic carbocycles. The van der Waals surface area contributed by atoms with Crippen molar-refractivity contribution >= 4 is 17.5 Å². The average Bonchev–Trinajstić information content (AvgIpc) is 2.59. The van der Waals surface area contributed by atoms with Crippen molar-refractivity contribution in [1.82, 2.24) is 10.2 Å². The van der Waals surface area contributed by atoms with E-state index in [0.29, 0.717) is 44.6 Å². The Morgan fingerprint density at radius 2 is 2.00 bits per heavy atom. The van der Waals surface area contributed by atoms with Crippen LogP contribution in [-0.4, -0.2) is 55.1 Å². The number of nitrogens with one attached hydrogen (secondary N) is 2. The van der Waals surface area contributed by atoms with E-state index in [1.807, 2.05) is 13.8 Å². The zero-order valence-electron chi connectivity index (χ0n) is 15.7. The third-order valence-electron chi connectivity index (χ3n) is 4.55. The summed E-state index contributed by atoms with van der Waals surface area (Å²) >= 11 is 0. The second-order valence-electron chi connectivity index (χ2n) is 6.97. The molecular weight excluding hydrogens is 337 g/mol. The second-order valence-corrected chi connectivity index (χ2v) is 6.97. The summed E-state index contributed by atoms with van der Waals surface area (Å²) in [7, 11) is 1.56. The SMILES string of the molecule is COCCC(=O)N1CCC(Nc2cccc(F)c2)(C(=O)NC(C)C)CC1. The molecule has 2 N–H and O–H groups in total. The van der Waals surface area contributed by atoms with E-state index < -0.39 is 5.54 Å². The van der Waals surface area contributed by atoms with Crippen LogP contribution in [0.1, 0.15) is 33.1 Å². The number of hydrogen-bond acceptors (Lipinski definition) is 4. The molecule has 1 aliphatic rings. The van der Waals surface area contributed by atoms with Gasteiger partial charge in [0.25, 0.3) is 0 Å². The monoisotopic (exact) mass is 365 g/mol. The Bertz CT molecular complexity index is 628. The van der Waals surface area contributed by atoms with Crippen molar-refractivity contribution in [2.45, 2.75) is 44.7 Å². The maximum atomic E-state index is 13.5. The highest BCUT2D eigenvalue weighted by Crippen LogP contribution is 2.28. The van der Waals surface area contributed by atoms with E-state index >= 15 is 0 Å². The quantitative estimate of drug-likeness (QED) is 0.777. The molecule has 6 nitrogen and oxygen atoms in total. The lowest BCUT2D eigenvalue weighted by Gasteiger charge is -2.42. The van der Waals surface area contributed by atoms with Crippen molar-refractivity contribution in [3.8, 4) is 0 Å². The smallest absolute Gasteiger partial charge is 0.246 e. The minimum atomic E-state index is -0.865. The van der Waals surface area contributed by atoms with Gasteiger partial charge in [0.2, 0.25) is 11.8 Å². The number of anilines is 1. The minimum Gasteiger partial charge on any atom is -0.384 e. The molecule has 1 saturated heterocycles. The van der Waals surface area contributed by atoms with Crippen LogP contribution in [0.5, 0.6) is 0 Å². The van der Waals surface area contributed by atoms with E-state index in [1.165, 1.54) is 12.1 Å². The number of ether oxygens (including phenoxy) is 1. The van der Waals surface area contributed by atoms with Crippen molar-refractivity contribution in [3.63, 3.8) is 0 Å². The summed E-state index contributed by atoms with van der Waals surface area (Å²) in [5.74, 6) is -0.460. The molecule has 1 heterocycles. The minimum absolute atomic E-state index is 0.00458. The Labute approximate surface area is 154 Å². The van der Waals surface area contributed by atoms with Crippen LogP contribution in [0, 0.1) is 5.82 Å². The first kappa shape index (κ1) is 20.2. The predicted molar refractivity (Wildman–Crippen MR) is 98.3 cm³/mol. The number of nitrogens with zero attached hydrogens (tertiary/aromatic N) is 1. The third-order valence-corrected chi connectivity index (χ3v) is 4.55. The second kappa shape index (κ2) is 8.98. The predicted octanol–water partition coefficient (Wildman–Crippen LogP) is 2.16. The number of amides is 2. The normalized spacial score (nSPS) is 16.4. The zero-order valence-corrected chi connectivity index (χ0v) is 15.7. The van der Waals surface area contributed by atoms with Crippen LogP contribution in [0.15, 0.2) is 24.3 Å². The number of hydrogen-bond donors (Lipinski definition) is 2. The van der Waals surface area contributed by atoms with Gasteiger partial charge in [0.1, 0.15) is 11.4 Å². The molecule has 2 amide bonds. The first-order valence-corrected chi connectivity index (χ1v) is 8.98. The maximum absolute atomic E-state index is 13.5. The summed E-state index contributed by atoms with van der Waals surface area (Å²) in [6.45, 7) is 5.12. The molecule has 1 fully saturated rings. The van der Waals surface area contributed by atoms with Crippen molar-refractivity contribution in [3.05, 3.63) is 30.1 Å². The van der Waals surface area contributed by atoms with E-state index in [1.54, 1.807) is 24.1 Å². The zero-order chi connectivity index (χ0) is 19.2. The van der Waals surface area contributed by atoms with Gasteiger partial charge in [-0.3, -0.25) is 9.59 Å². The van der Waals surface area contributed by atoms with Gasteiger partial charge >= 0.3 is 0 Å². The highest BCUT2D eigenvalue weighted by Gasteiger charge is 2.42. The molecule has 26 heavy (non-hydrogen) atoms. The summed E-state index contributed by atoms with van der Waals surface area (Å²) in [4.78, 5) is 26.8. The first-order chi connectivity index (χ1) is 12.4. The summed E-state index contributed by atoms with van der Waals surface area (Å²) in [6.07, 6.45) is 1.25. The third kappa shape index (κ3) is 5.17. The first-order valence-electron chi connectivity index (χ1n) is 8.98. The van der Waals surface area contributed by atoms with Gasteiger partial charge in [-0.1, -0.05) is 6.07 Å². The Balaban J connectivity index is 2.13. The number of carbonyl (C=O) groups is 2. The molecule has 1 aromatic rings. The number of rotatable bonds is 7. The Morgan fingerprint density at radius 1 is 1.31 bits per heavy atom. The van der Waals surface area contributed by atoms with Gasteiger partial charge in [0, 0.05) is 31.9 Å². The van der Waals surface area contributed by atoms with Gasteiger partial charge in [-0.2, -0.15) is 0 Å².